The van der Waals surface area contributed by atoms with Crippen molar-refractivity contribution in [3.63, 3.8) is 0 Å². The SMILES string of the molecule is CCOC(=O)/C=C/C(=O)ON1CCC(c2noc3cc(F)ccc23)CC1. The Labute approximate surface area is 149 Å². The molecule has 1 saturated heterocycles. The number of rotatable bonds is 5. The first-order chi connectivity index (χ1) is 12.6. The van der Waals surface area contributed by atoms with Crippen LogP contribution in [-0.2, 0) is 19.2 Å². The van der Waals surface area contributed by atoms with Crippen LogP contribution in [0.25, 0.3) is 11.0 Å². The third kappa shape index (κ3) is 4.26. The van der Waals surface area contributed by atoms with Gasteiger partial charge in [-0.3, -0.25) is 0 Å². The van der Waals surface area contributed by atoms with E-state index in [2.05, 4.69) is 5.16 Å². The Morgan fingerprint density at radius 3 is 2.77 bits per heavy atom. The maximum absolute atomic E-state index is 13.2. The van der Waals surface area contributed by atoms with Gasteiger partial charge >= 0.3 is 11.9 Å². The monoisotopic (exact) mass is 362 g/mol. The topological polar surface area (TPSA) is 81.9 Å². The van der Waals surface area contributed by atoms with Gasteiger partial charge in [0.25, 0.3) is 0 Å². The van der Waals surface area contributed by atoms with E-state index in [1.54, 1.807) is 18.1 Å². The molecule has 7 nitrogen and oxygen atoms in total. The van der Waals surface area contributed by atoms with Gasteiger partial charge in [0.05, 0.1) is 12.3 Å². The van der Waals surface area contributed by atoms with Crippen molar-refractivity contribution in [3.05, 3.63) is 41.9 Å². The number of carbonyl (C=O) groups excluding carboxylic acids is 2. The van der Waals surface area contributed by atoms with Crippen LogP contribution in [0.3, 0.4) is 0 Å². The number of aromatic nitrogens is 1. The first-order valence-corrected chi connectivity index (χ1v) is 8.43. The van der Waals surface area contributed by atoms with Crippen molar-refractivity contribution < 1.29 is 28.1 Å². The third-order valence-electron chi connectivity index (χ3n) is 4.16. The fourth-order valence-electron chi connectivity index (χ4n) is 2.93. The maximum Gasteiger partial charge on any atom is 0.349 e. The van der Waals surface area contributed by atoms with Gasteiger partial charge < -0.3 is 14.1 Å². The fraction of sp³-hybridized carbons (Fsp3) is 0.389. The Morgan fingerprint density at radius 1 is 1.31 bits per heavy atom. The second-order valence-electron chi connectivity index (χ2n) is 5.91. The van der Waals surface area contributed by atoms with Gasteiger partial charge in [-0.1, -0.05) is 5.16 Å². The standard InChI is InChI=1S/C18H19FN2O5/c1-2-24-16(22)5-6-17(23)26-21-9-7-12(8-10-21)18-14-4-3-13(19)11-15(14)25-20-18/h3-6,11-12H,2,7-10H2,1H3/b6-5+. The fourth-order valence-corrected chi connectivity index (χ4v) is 2.93. The molecule has 1 aliphatic rings. The molecule has 2 aromatic rings. The molecule has 0 atom stereocenters. The Morgan fingerprint density at radius 2 is 2.04 bits per heavy atom. The molecule has 0 aliphatic carbocycles. The average Bonchev–Trinajstić information content (AvgIpc) is 3.04. The lowest BCUT2D eigenvalue weighted by Gasteiger charge is -2.29. The van der Waals surface area contributed by atoms with Gasteiger partial charge in [-0.2, -0.15) is 0 Å². The first-order valence-electron chi connectivity index (χ1n) is 8.43. The lowest BCUT2D eigenvalue weighted by molar-refractivity contribution is -0.189. The summed E-state index contributed by atoms with van der Waals surface area (Å²) in [5.74, 6) is -1.43. The van der Waals surface area contributed by atoms with Crippen molar-refractivity contribution in [2.75, 3.05) is 19.7 Å². The van der Waals surface area contributed by atoms with E-state index in [1.807, 2.05) is 0 Å². The van der Waals surface area contributed by atoms with Crippen molar-refractivity contribution in [2.24, 2.45) is 0 Å². The van der Waals surface area contributed by atoms with Crippen molar-refractivity contribution in [3.8, 4) is 0 Å². The highest BCUT2D eigenvalue weighted by atomic mass is 19.1. The number of esters is 1. The van der Waals surface area contributed by atoms with Crippen LogP contribution in [0.15, 0.2) is 34.9 Å². The second-order valence-corrected chi connectivity index (χ2v) is 5.91. The maximum atomic E-state index is 13.2. The Balaban J connectivity index is 1.54. The Kier molecular flexibility index (Phi) is 5.62. The lowest BCUT2D eigenvalue weighted by Crippen LogP contribution is -2.34. The van der Waals surface area contributed by atoms with Crippen LogP contribution >= 0.6 is 0 Å². The summed E-state index contributed by atoms with van der Waals surface area (Å²) >= 11 is 0. The smallest absolute Gasteiger partial charge is 0.349 e. The summed E-state index contributed by atoms with van der Waals surface area (Å²) in [6, 6.07) is 4.37. The molecule has 0 unspecified atom stereocenters. The number of ether oxygens (including phenoxy) is 1. The summed E-state index contributed by atoms with van der Waals surface area (Å²) in [6.07, 6.45) is 3.52. The molecular weight excluding hydrogens is 343 g/mol. The Bertz CT molecular complexity index is 824. The molecule has 2 heterocycles. The van der Waals surface area contributed by atoms with Crippen molar-refractivity contribution in [2.45, 2.75) is 25.7 Å². The summed E-state index contributed by atoms with van der Waals surface area (Å²) < 4.78 is 23.1. The minimum absolute atomic E-state index is 0.145. The third-order valence-corrected chi connectivity index (χ3v) is 4.16. The van der Waals surface area contributed by atoms with Crippen molar-refractivity contribution in [1.29, 1.82) is 0 Å². The average molecular weight is 362 g/mol. The van der Waals surface area contributed by atoms with Crippen molar-refractivity contribution >= 4 is 22.9 Å². The summed E-state index contributed by atoms with van der Waals surface area (Å²) in [5.41, 5.74) is 1.23. The van der Waals surface area contributed by atoms with E-state index in [1.165, 1.54) is 12.1 Å². The summed E-state index contributed by atoms with van der Waals surface area (Å²) in [5, 5.41) is 6.44. The highest BCUT2D eigenvalue weighted by Crippen LogP contribution is 2.32. The summed E-state index contributed by atoms with van der Waals surface area (Å²) in [4.78, 5) is 28.1. The van der Waals surface area contributed by atoms with Crippen LogP contribution in [-0.4, -0.2) is 41.9 Å². The molecule has 26 heavy (non-hydrogen) atoms. The van der Waals surface area contributed by atoms with Gasteiger partial charge in [-0.15, -0.1) is 5.06 Å². The zero-order valence-electron chi connectivity index (χ0n) is 14.3. The molecule has 0 bridgehead atoms. The van der Waals surface area contributed by atoms with Crippen LogP contribution < -0.4 is 0 Å². The van der Waals surface area contributed by atoms with E-state index in [0.29, 0.717) is 31.5 Å². The number of hydroxylamine groups is 2. The quantitative estimate of drug-likeness (QED) is 0.597. The van der Waals surface area contributed by atoms with E-state index in [0.717, 1.165) is 23.2 Å². The van der Waals surface area contributed by atoms with Crippen LogP contribution in [0.1, 0.15) is 31.4 Å². The van der Waals surface area contributed by atoms with Crippen molar-refractivity contribution in [1.82, 2.24) is 10.2 Å². The van der Waals surface area contributed by atoms with E-state index in [9.17, 15) is 14.0 Å². The van der Waals surface area contributed by atoms with E-state index >= 15 is 0 Å². The van der Waals surface area contributed by atoms with Gasteiger partial charge in [0, 0.05) is 42.6 Å². The molecular formula is C18H19FN2O5. The lowest BCUT2D eigenvalue weighted by atomic mass is 9.92. The molecule has 1 aliphatic heterocycles. The Hall–Kier alpha value is -2.74. The first kappa shape index (κ1) is 18.1. The van der Waals surface area contributed by atoms with Gasteiger partial charge in [0.2, 0.25) is 0 Å². The van der Waals surface area contributed by atoms with E-state index in [-0.39, 0.29) is 18.3 Å². The molecule has 0 amide bonds. The second kappa shape index (κ2) is 8.09. The molecule has 1 fully saturated rings. The highest BCUT2D eigenvalue weighted by molar-refractivity contribution is 5.91. The molecule has 0 radical (unpaired) electrons. The van der Waals surface area contributed by atoms with Crippen LogP contribution in [0.2, 0.25) is 0 Å². The molecule has 0 spiro atoms. The van der Waals surface area contributed by atoms with E-state index in [4.69, 9.17) is 14.1 Å². The normalized spacial score (nSPS) is 16.2. The van der Waals surface area contributed by atoms with Crippen LogP contribution in [0.5, 0.6) is 0 Å². The number of carbonyl (C=O) groups is 2. The zero-order valence-corrected chi connectivity index (χ0v) is 14.3. The molecule has 138 valence electrons. The molecule has 1 aromatic heterocycles. The molecule has 0 saturated carbocycles. The number of halogens is 1. The predicted octanol–water partition coefficient (Wildman–Crippen LogP) is 2.72. The minimum Gasteiger partial charge on any atom is -0.463 e. The molecule has 3 rings (SSSR count). The number of hydrogen-bond acceptors (Lipinski definition) is 7. The number of hydrogen-bond donors (Lipinski definition) is 0. The number of benzene rings is 1. The van der Waals surface area contributed by atoms with E-state index < -0.39 is 11.9 Å². The highest BCUT2D eigenvalue weighted by Gasteiger charge is 2.26. The van der Waals surface area contributed by atoms with Gasteiger partial charge in [-0.25, -0.2) is 14.0 Å². The van der Waals surface area contributed by atoms with Crippen LogP contribution in [0.4, 0.5) is 4.39 Å². The van der Waals surface area contributed by atoms with Gasteiger partial charge in [-0.05, 0) is 31.9 Å². The molecule has 1 aromatic carbocycles. The summed E-state index contributed by atoms with van der Waals surface area (Å²) in [6.45, 7) is 2.98. The predicted molar refractivity (Wildman–Crippen MR) is 89.4 cm³/mol. The van der Waals surface area contributed by atoms with Gasteiger partial charge in [0.1, 0.15) is 5.82 Å². The van der Waals surface area contributed by atoms with Crippen LogP contribution in [0, 0.1) is 5.82 Å². The summed E-state index contributed by atoms with van der Waals surface area (Å²) in [7, 11) is 0. The number of nitrogens with zero attached hydrogens (tertiary/aromatic N) is 2. The number of piperidine rings is 1. The minimum atomic E-state index is -0.626. The number of fused-ring (bicyclic) bond motifs is 1. The molecule has 8 heteroatoms. The zero-order chi connectivity index (χ0) is 18.5. The van der Waals surface area contributed by atoms with Gasteiger partial charge in [0.15, 0.2) is 5.58 Å². The molecule has 0 N–H and O–H groups in total. The largest absolute Gasteiger partial charge is 0.463 e.